The predicted molar refractivity (Wildman–Crippen MR) is 105 cm³/mol. The van der Waals surface area contributed by atoms with E-state index in [0.29, 0.717) is 11.6 Å². The molecular formula is C19H20BrN5O2. The Morgan fingerprint density at radius 2 is 1.96 bits per heavy atom. The quantitative estimate of drug-likeness (QED) is 0.649. The van der Waals surface area contributed by atoms with Gasteiger partial charge in [-0.2, -0.15) is 4.68 Å². The smallest absolute Gasteiger partial charge is 0.258 e. The van der Waals surface area contributed by atoms with Crippen molar-refractivity contribution in [3.05, 3.63) is 63.9 Å². The van der Waals surface area contributed by atoms with Crippen LogP contribution in [0.25, 0.3) is 5.69 Å². The molecule has 3 aromatic rings. The standard InChI is InChI=1S/C19H20BrN5O2/c1-12-5-4-6-17(13(12)2)27-11-18(26)21-14(3)19-22-23-24-25(19)16-9-7-15(20)8-10-16/h4-10,14H,11H2,1-3H3,(H,21,26). The Bertz CT molecular complexity index is 940. The van der Waals surface area contributed by atoms with E-state index in [4.69, 9.17) is 4.74 Å². The molecule has 1 amide bonds. The molecule has 0 bridgehead atoms. The van der Waals surface area contributed by atoms with Gasteiger partial charge in [-0.25, -0.2) is 0 Å². The second kappa shape index (κ2) is 8.30. The van der Waals surface area contributed by atoms with E-state index in [2.05, 4.69) is 36.8 Å². The number of hydrogen-bond donors (Lipinski definition) is 1. The van der Waals surface area contributed by atoms with Crippen LogP contribution in [0, 0.1) is 13.8 Å². The van der Waals surface area contributed by atoms with Crippen LogP contribution in [0.4, 0.5) is 0 Å². The number of nitrogens with zero attached hydrogens (tertiary/aromatic N) is 4. The number of tetrazole rings is 1. The second-order valence-electron chi connectivity index (χ2n) is 6.20. The molecule has 0 fully saturated rings. The fourth-order valence-electron chi connectivity index (χ4n) is 2.60. The van der Waals surface area contributed by atoms with E-state index in [-0.39, 0.29) is 18.6 Å². The predicted octanol–water partition coefficient (Wildman–Crippen LogP) is 3.30. The summed E-state index contributed by atoms with van der Waals surface area (Å²) in [7, 11) is 0. The number of aryl methyl sites for hydroxylation is 1. The van der Waals surface area contributed by atoms with Crippen LogP contribution in [0.5, 0.6) is 5.75 Å². The Labute approximate surface area is 165 Å². The number of carbonyl (C=O) groups is 1. The number of aromatic nitrogens is 4. The van der Waals surface area contributed by atoms with Crippen LogP contribution in [0.1, 0.15) is 29.9 Å². The van der Waals surface area contributed by atoms with Gasteiger partial charge in [0, 0.05) is 4.47 Å². The minimum Gasteiger partial charge on any atom is -0.483 e. The Morgan fingerprint density at radius 3 is 2.70 bits per heavy atom. The number of benzene rings is 2. The number of halogens is 1. The summed E-state index contributed by atoms with van der Waals surface area (Å²) in [6.45, 7) is 5.73. The van der Waals surface area contributed by atoms with Gasteiger partial charge in [-0.1, -0.05) is 28.1 Å². The summed E-state index contributed by atoms with van der Waals surface area (Å²) in [5, 5.41) is 14.7. The van der Waals surface area contributed by atoms with Gasteiger partial charge in [0.15, 0.2) is 12.4 Å². The number of amides is 1. The number of ether oxygens (including phenoxy) is 1. The maximum atomic E-state index is 12.3. The molecule has 0 spiro atoms. The molecule has 27 heavy (non-hydrogen) atoms. The molecule has 0 saturated heterocycles. The van der Waals surface area contributed by atoms with Crippen LogP contribution in [-0.4, -0.2) is 32.7 Å². The lowest BCUT2D eigenvalue weighted by Crippen LogP contribution is -2.32. The summed E-state index contributed by atoms with van der Waals surface area (Å²) in [6.07, 6.45) is 0. The van der Waals surface area contributed by atoms with Crippen LogP contribution < -0.4 is 10.1 Å². The summed E-state index contributed by atoms with van der Waals surface area (Å²) in [6, 6.07) is 13.0. The minimum absolute atomic E-state index is 0.0749. The van der Waals surface area contributed by atoms with Gasteiger partial charge in [-0.3, -0.25) is 4.79 Å². The molecule has 0 aliphatic carbocycles. The Balaban J connectivity index is 1.64. The van der Waals surface area contributed by atoms with Gasteiger partial charge in [0.1, 0.15) is 5.75 Å². The third kappa shape index (κ3) is 4.51. The minimum atomic E-state index is -0.377. The molecule has 1 atom stereocenters. The fraction of sp³-hybridized carbons (Fsp3) is 0.263. The summed E-state index contributed by atoms with van der Waals surface area (Å²) in [5.41, 5.74) is 2.96. The van der Waals surface area contributed by atoms with Gasteiger partial charge in [0.05, 0.1) is 11.7 Å². The molecule has 1 unspecified atom stereocenters. The maximum Gasteiger partial charge on any atom is 0.258 e. The second-order valence-corrected chi connectivity index (χ2v) is 7.12. The van der Waals surface area contributed by atoms with E-state index in [1.165, 1.54) is 0 Å². The Kier molecular flexibility index (Phi) is 5.85. The van der Waals surface area contributed by atoms with Crippen molar-refractivity contribution < 1.29 is 9.53 Å². The van der Waals surface area contributed by atoms with Gasteiger partial charge < -0.3 is 10.1 Å². The van der Waals surface area contributed by atoms with Crippen molar-refractivity contribution in [3.63, 3.8) is 0 Å². The van der Waals surface area contributed by atoms with Crippen molar-refractivity contribution in [2.45, 2.75) is 26.8 Å². The normalized spacial score (nSPS) is 11.9. The first-order chi connectivity index (χ1) is 13.0. The van der Waals surface area contributed by atoms with E-state index in [0.717, 1.165) is 21.3 Å². The molecule has 7 nitrogen and oxygen atoms in total. The summed E-state index contributed by atoms with van der Waals surface area (Å²) >= 11 is 3.40. The molecule has 0 saturated carbocycles. The fourth-order valence-corrected chi connectivity index (χ4v) is 2.87. The average Bonchev–Trinajstić information content (AvgIpc) is 3.13. The summed E-state index contributed by atoms with van der Waals surface area (Å²) < 4.78 is 8.21. The lowest BCUT2D eigenvalue weighted by Gasteiger charge is -2.15. The number of rotatable bonds is 6. The SMILES string of the molecule is Cc1cccc(OCC(=O)NC(C)c2nnnn2-c2ccc(Br)cc2)c1C. The number of hydrogen-bond acceptors (Lipinski definition) is 5. The first kappa shape index (κ1) is 19.0. The van der Waals surface area contributed by atoms with E-state index < -0.39 is 0 Å². The van der Waals surface area contributed by atoms with Gasteiger partial charge in [-0.15, -0.1) is 5.10 Å². The highest BCUT2D eigenvalue weighted by Crippen LogP contribution is 2.20. The summed E-state index contributed by atoms with van der Waals surface area (Å²) in [5.74, 6) is 1.00. The van der Waals surface area contributed by atoms with Crippen LogP contribution >= 0.6 is 15.9 Å². The van der Waals surface area contributed by atoms with E-state index in [1.54, 1.807) is 4.68 Å². The molecule has 140 valence electrons. The zero-order valence-electron chi connectivity index (χ0n) is 15.3. The van der Waals surface area contributed by atoms with E-state index in [1.807, 2.05) is 63.2 Å². The molecule has 1 aromatic heterocycles. The zero-order valence-corrected chi connectivity index (χ0v) is 16.9. The highest BCUT2D eigenvalue weighted by molar-refractivity contribution is 9.10. The first-order valence-corrected chi connectivity index (χ1v) is 9.27. The Hall–Kier alpha value is -2.74. The number of nitrogens with one attached hydrogen (secondary N) is 1. The average molecular weight is 430 g/mol. The first-order valence-electron chi connectivity index (χ1n) is 8.48. The lowest BCUT2D eigenvalue weighted by atomic mass is 10.1. The highest BCUT2D eigenvalue weighted by Gasteiger charge is 2.18. The molecular weight excluding hydrogens is 410 g/mol. The zero-order chi connectivity index (χ0) is 19.4. The molecule has 2 aromatic carbocycles. The van der Waals surface area contributed by atoms with Crippen LogP contribution in [0.15, 0.2) is 46.9 Å². The van der Waals surface area contributed by atoms with Gasteiger partial charge in [-0.05, 0) is 72.7 Å². The third-order valence-corrected chi connectivity index (χ3v) is 4.77. The van der Waals surface area contributed by atoms with Gasteiger partial charge in [0.25, 0.3) is 5.91 Å². The van der Waals surface area contributed by atoms with E-state index >= 15 is 0 Å². The van der Waals surface area contributed by atoms with Gasteiger partial charge >= 0.3 is 0 Å². The van der Waals surface area contributed by atoms with Crippen molar-refractivity contribution in [2.75, 3.05) is 6.61 Å². The molecule has 0 aliphatic heterocycles. The highest BCUT2D eigenvalue weighted by atomic mass is 79.9. The van der Waals surface area contributed by atoms with Gasteiger partial charge in [0.2, 0.25) is 0 Å². The van der Waals surface area contributed by atoms with Crippen molar-refractivity contribution in [2.24, 2.45) is 0 Å². The van der Waals surface area contributed by atoms with Crippen molar-refractivity contribution in [1.82, 2.24) is 25.5 Å². The van der Waals surface area contributed by atoms with Crippen LogP contribution in [0.2, 0.25) is 0 Å². The molecule has 0 aliphatic rings. The monoisotopic (exact) mass is 429 g/mol. The van der Waals surface area contributed by atoms with E-state index in [9.17, 15) is 4.79 Å². The third-order valence-electron chi connectivity index (χ3n) is 4.24. The topological polar surface area (TPSA) is 81.9 Å². The van der Waals surface area contributed by atoms with Crippen LogP contribution in [0.3, 0.4) is 0 Å². The van der Waals surface area contributed by atoms with Crippen LogP contribution in [-0.2, 0) is 4.79 Å². The number of carbonyl (C=O) groups excluding carboxylic acids is 1. The summed E-state index contributed by atoms with van der Waals surface area (Å²) in [4.78, 5) is 12.3. The van der Waals surface area contributed by atoms with Crippen molar-refractivity contribution in [3.8, 4) is 11.4 Å². The molecule has 0 radical (unpaired) electrons. The molecule has 1 heterocycles. The molecule has 8 heteroatoms. The van der Waals surface area contributed by atoms with Crippen molar-refractivity contribution >= 4 is 21.8 Å². The maximum absolute atomic E-state index is 12.3. The van der Waals surface area contributed by atoms with Crippen molar-refractivity contribution in [1.29, 1.82) is 0 Å². The Morgan fingerprint density at radius 1 is 1.22 bits per heavy atom. The molecule has 1 N–H and O–H groups in total. The lowest BCUT2D eigenvalue weighted by molar-refractivity contribution is -0.123. The molecule has 3 rings (SSSR count). The largest absolute Gasteiger partial charge is 0.483 e.